The van der Waals surface area contributed by atoms with E-state index in [4.69, 9.17) is 0 Å². The van der Waals surface area contributed by atoms with Crippen LogP contribution in [0, 0.1) is 0 Å². The van der Waals surface area contributed by atoms with Crippen LogP contribution in [-0.4, -0.2) is 21.0 Å². The van der Waals surface area contributed by atoms with Gasteiger partial charge in [0.15, 0.2) is 0 Å². The van der Waals surface area contributed by atoms with E-state index in [0.717, 1.165) is 37.2 Å². The first-order valence-corrected chi connectivity index (χ1v) is 8.23. The van der Waals surface area contributed by atoms with Crippen LogP contribution in [0.4, 0.5) is 0 Å². The molecule has 17 heavy (non-hydrogen) atoms. The summed E-state index contributed by atoms with van der Waals surface area (Å²) in [6.45, 7) is 3.66. The zero-order valence-electron chi connectivity index (χ0n) is 9.90. The monoisotopic (exact) mass is 274 g/mol. The van der Waals surface area contributed by atoms with E-state index in [2.05, 4.69) is 10.0 Å². The molecule has 0 radical (unpaired) electrons. The molecule has 4 nitrogen and oxygen atoms in total. The second-order valence-corrected chi connectivity index (χ2v) is 7.36. The molecule has 2 N–H and O–H groups in total. The highest BCUT2D eigenvalue weighted by molar-refractivity contribution is 7.91. The Kier molecular flexibility index (Phi) is 4.19. The van der Waals surface area contributed by atoms with E-state index in [1.54, 1.807) is 6.07 Å². The topological polar surface area (TPSA) is 58.2 Å². The van der Waals surface area contributed by atoms with Crippen molar-refractivity contribution in [3.8, 4) is 0 Å². The molecule has 0 unspecified atom stereocenters. The summed E-state index contributed by atoms with van der Waals surface area (Å²) in [4.78, 5) is 1.06. The predicted molar refractivity (Wildman–Crippen MR) is 69.7 cm³/mol. The Morgan fingerprint density at radius 3 is 2.76 bits per heavy atom. The molecule has 96 valence electrons. The van der Waals surface area contributed by atoms with E-state index in [0.29, 0.717) is 4.21 Å². The van der Waals surface area contributed by atoms with Gasteiger partial charge in [-0.3, -0.25) is 0 Å². The highest BCUT2D eigenvalue weighted by Crippen LogP contribution is 2.25. The lowest BCUT2D eigenvalue weighted by Crippen LogP contribution is -2.39. The fourth-order valence-corrected chi connectivity index (χ4v) is 4.30. The van der Waals surface area contributed by atoms with Crippen LogP contribution in [0.3, 0.4) is 0 Å². The maximum absolute atomic E-state index is 12.0. The molecule has 6 heteroatoms. The van der Waals surface area contributed by atoms with E-state index >= 15 is 0 Å². The molecule has 0 aliphatic heterocycles. The summed E-state index contributed by atoms with van der Waals surface area (Å²) in [5.74, 6) is 0. The van der Waals surface area contributed by atoms with Gasteiger partial charge in [-0.25, -0.2) is 13.1 Å². The maximum atomic E-state index is 12.0. The van der Waals surface area contributed by atoms with Crippen LogP contribution < -0.4 is 10.0 Å². The van der Waals surface area contributed by atoms with Crippen molar-refractivity contribution in [3.05, 3.63) is 17.0 Å². The zero-order valence-corrected chi connectivity index (χ0v) is 11.5. The predicted octanol–water partition coefficient (Wildman–Crippen LogP) is 1.69. The highest BCUT2D eigenvalue weighted by atomic mass is 32.2. The normalized spacial score (nSPS) is 17.0. The molecular formula is C11H18N2O2S2. The van der Waals surface area contributed by atoms with Crippen molar-refractivity contribution in [2.24, 2.45) is 0 Å². The molecule has 0 amide bonds. The van der Waals surface area contributed by atoms with Gasteiger partial charge < -0.3 is 5.32 Å². The summed E-state index contributed by atoms with van der Waals surface area (Å²) in [7, 11) is -3.28. The fraction of sp³-hybridized carbons (Fsp3) is 0.636. The molecule has 0 aromatic carbocycles. The lowest BCUT2D eigenvalue weighted by Gasteiger charge is -2.25. The van der Waals surface area contributed by atoms with Crippen LogP contribution in [0.2, 0.25) is 0 Å². The first-order valence-electron chi connectivity index (χ1n) is 5.93. The first kappa shape index (κ1) is 13.0. The maximum Gasteiger partial charge on any atom is 0.250 e. The van der Waals surface area contributed by atoms with E-state index in [1.165, 1.54) is 11.3 Å². The SMILES string of the molecule is CCNCc1ccc(S(=O)(=O)NC2CCC2)s1. The standard InChI is InChI=1S/C11H18N2O2S2/c1-2-12-8-10-6-7-11(16-10)17(14,15)13-9-4-3-5-9/h6-7,9,12-13H,2-5,8H2,1H3. The zero-order chi connectivity index (χ0) is 12.3. The van der Waals surface area contributed by atoms with Crippen molar-refractivity contribution >= 4 is 21.4 Å². The van der Waals surface area contributed by atoms with Gasteiger partial charge in [-0.2, -0.15) is 0 Å². The van der Waals surface area contributed by atoms with Gasteiger partial charge in [0.2, 0.25) is 10.0 Å². The van der Waals surface area contributed by atoms with Gasteiger partial charge in [0, 0.05) is 17.5 Å². The molecule has 1 aromatic rings. The van der Waals surface area contributed by atoms with Gasteiger partial charge in [-0.1, -0.05) is 13.3 Å². The van der Waals surface area contributed by atoms with Crippen molar-refractivity contribution in [3.63, 3.8) is 0 Å². The molecule has 1 heterocycles. The number of rotatable bonds is 6. The molecule has 0 spiro atoms. The lowest BCUT2D eigenvalue weighted by atomic mass is 9.94. The second-order valence-electron chi connectivity index (χ2n) is 4.25. The molecule has 2 rings (SSSR count). The van der Waals surface area contributed by atoms with Gasteiger partial charge in [-0.15, -0.1) is 11.3 Å². The highest BCUT2D eigenvalue weighted by Gasteiger charge is 2.25. The summed E-state index contributed by atoms with van der Waals surface area (Å²) < 4.78 is 27.2. The number of hydrogen-bond donors (Lipinski definition) is 2. The molecular weight excluding hydrogens is 256 g/mol. The Labute approximate surface area is 106 Å². The Balaban J connectivity index is 2.02. The summed E-state index contributed by atoms with van der Waals surface area (Å²) in [6, 6.07) is 3.72. The van der Waals surface area contributed by atoms with Gasteiger partial charge in [-0.05, 0) is 31.5 Å². The largest absolute Gasteiger partial charge is 0.312 e. The van der Waals surface area contributed by atoms with E-state index in [1.807, 2.05) is 13.0 Å². The molecule has 1 aliphatic rings. The minimum atomic E-state index is -3.28. The molecule has 0 bridgehead atoms. The van der Waals surface area contributed by atoms with Gasteiger partial charge in [0.05, 0.1) is 0 Å². The third-order valence-corrected chi connectivity index (χ3v) is 5.98. The molecule has 1 saturated carbocycles. The Bertz CT molecular complexity index is 464. The minimum absolute atomic E-state index is 0.152. The first-order chi connectivity index (χ1) is 8.12. The number of sulfonamides is 1. The molecule has 0 atom stereocenters. The quantitative estimate of drug-likeness (QED) is 0.830. The molecule has 0 saturated heterocycles. The second kappa shape index (κ2) is 5.48. The number of thiophene rings is 1. The van der Waals surface area contributed by atoms with E-state index in [9.17, 15) is 8.42 Å². The van der Waals surface area contributed by atoms with Gasteiger partial charge in [0.1, 0.15) is 4.21 Å². The summed E-state index contributed by atoms with van der Waals surface area (Å²) in [5, 5.41) is 3.19. The minimum Gasteiger partial charge on any atom is -0.312 e. The van der Waals surface area contributed by atoms with Crippen LogP contribution in [0.5, 0.6) is 0 Å². The third kappa shape index (κ3) is 3.28. The summed E-state index contributed by atoms with van der Waals surface area (Å²) >= 11 is 1.34. The van der Waals surface area contributed by atoms with Crippen molar-refractivity contribution in [1.82, 2.24) is 10.0 Å². The van der Waals surface area contributed by atoms with Crippen molar-refractivity contribution in [1.29, 1.82) is 0 Å². The van der Waals surface area contributed by atoms with Crippen LogP contribution in [0.15, 0.2) is 16.3 Å². The van der Waals surface area contributed by atoms with Crippen LogP contribution in [0.1, 0.15) is 31.1 Å². The summed E-state index contributed by atoms with van der Waals surface area (Å²) in [5.41, 5.74) is 0. The Morgan fingerprint density at radius 2 is 2.18 bits per heavy atom. The molecule has 1 aliphatic carbocycles. The smallest absolute Gasteiger partial charge is 0.250 e. The number of hydrogen-bond acceptors (Lipinski definition) is 4. The average molecular weight is 274 g/mol. The molecule has 1 fully saturated rings. The van der Waals surface area contributed by atoms with E-state index in [-0.39, 0.29) is 6.04 Å². The average Bonchev–Trinajstić information content (AvgIpc) is 2.70. The van der Waals surface area contributed by atoms with Crippen LogP contribution in [-0.2, 0) is 16.6 Å². The van der Waals surface area contributed by atoms with Crippen LogP contribution >= 0.6 is 11.3 Å². The Morgan fingerprint density at radius 1 is 1.41 bits per heavy atom. The van der Waals surface area contributed by atoms with Crippen molar-refractivity contribution < 1.29 is 8.42 Å². The van der Waals surface area contributed by atoms with E-state index < -0.39 is 10.0 Å². The lowest BCUT2D eigenvalue weighted by molar-refractivity contribution is 0.384. The Hall–Kier alpha value is -0.430. The molecule has 1 aromatic heterocycles. The summed E-state index contributed by atoms with van der Waals surface area (Å²) in [6.07, 6.45) is 3.06. The third-order valence-electron chi connectivity index (χ3n) is 2.88. The van der Waals surface area contributed by atoms with Crippen molar-refractivity contribution in [2.75, 3.05) is 6.54 Å². The van der Waals surface area contributed by atoms with Gasteiger partial charge >= 0.3 is 0 Å². The van der Waals surface area contributed by atoms with Gasteiger partial charge in [0.25, 0.3) is 0 Å². The van der Waals surface area contributed by atoms with Crippen LogP contribution in [0.25, 0.3) is 0 Å². The van der Waals surface area contributed by atoms with Crippen molar-refractivity contribution in [2.45, 2.75) is 43.0 Å². The number of nitrogens with one attached hydrogen (secondary N) is 2. The fourth-order valence-electron chi connectivity index (χ4n) is 1.65.